The van der Waals surface area contributed by atoms with Crippen LogP contribution in [0.25, 0.3) is 0 Å². The number of piperidine rings is 1. The molecule has 7 nitrogen and oxygen atoms in total. The molecule has 8 heteroatoms. The van der Waals surface area contributed by atoms with E-state index in [1.807, 2.05) is 6.92 Å². The van der Waals surface area contributed by atoms with E-state index in [9.17, 15) is 18.0 Å². The molecule has 0 atom stereocenters. The van der Waals surface area contributed by atoms with E-state index >= 15 is 0 Å². The minimum Gasteiger partial charge on any atom is -0.352 e. The van der Waals surface area contributed by atoms with Gasteiger partial charge in [0, 0.05) is 31.7 Å². The number of hydrogen-bond donors (Lipinski definition) is 2. The van der Waals surface area contributed by atoms with Crippen molar-refractivity contribution in [3.8, 4) is 0 Å². The highest BCUT2D eigenvalue weighted by atomic mass is 32.2. The van der Waals surface area contributed by atoms with Crippen LogP contribution in [0.4, 0.5) is 0 Å². The SMILES string of the molecule is CCNC(=O)c1cccc(CNC(=O)c2ccccc2S(=O)(=O)N2CCCCC2)c1. The molecule has 1 aliphatic heterocycles. The second-order valence-corrected chi connectivity index (χ2v) is 9.11. The summed E-state index contributed by atoms with van der Waals surface area (Å²) >= 11 is 0. The molecule has 2 amide bonds. The Morgan fingerprint density at radius 3 is 2.40 bits per heavy atom. The summed E-state index contributed by atoms with van der Waals surface area (Å²) in [5, 5.41) is 5.51. The van der Waals surface area contributed by atoms with Crippen LogP contribution in [0.15, 0.2) is 53.4 Å². The smallest absolute Gasteiger partial charge is 0.252 e. The fourth-order valence-corrected chi connectivity index (χ4v) is 5.19. The van der Waals surface area contributed by atoms with Gasteiger partial charge in [-0.15, -0.1) is 0 Å². The van der Waals surface area contributed by atoms with Crippen molar-refractivity contribution >= 4 is 21.8 Å². The Labute approximate surface area is 177 Å². The monoisotopic (exact) mass is 429 g/mol. The van der Waals surface area contributed by atoms with Crippen molar-refractivity contribution < 1.29 is 18.0 Å². The quantitative estimate of drug-likeness (QED) is 0.707. The van der Waals surface area contributed by atoms with Crippen LogP contribution in [0.1, 0.15) is 52.5 Å². The van der Waals surface area contributed by atoms with Gasteiger partial charge in [-0.1, -0.05) is 30.7 Å². The summed E-state index contributed by atoms with van der Waals surface area (Å²) in [7, 11) is -3.73. The Bertz CT molecular complexity index is 1010. The minimum absolute atomic E-state index is 0.0282. The second-order valence-electron chi connectivity index (χ2n) is 7.20. The number of benzene rings is 2. The molecule has 1 heterocycles. The van der Waals surface area contributed by atoms with E-state index in [4.69, 9.17) is 0 Å². The maximum Gasteiger partial charge on any atom is 0.252 e. The molecule has 2 aromatic carbocycles. The highest BCUT2D eigenvalue weighted by Crippen LogP contribution is 2.23. The van der Waals surface area contributed by atoms with E-state index in [0.717, 1.165) is 24.8 Å². The van der Waals surface area contributed by atoms with Crippen molar-refractivity contribution in [1.82, 2.24) is 14.9 Å². The molecular formula is C22H27N3O4S. The third kappa shape index (κ3) is 5.06. The van der Waals surface area contributed by atoms with Crippen LogP contribution in [-0.4, -0.2) is 44.2 Å². The summed E-state index contributed by atoms with van der Waals surface area (Å²) < 4.78 is 27.6. The van der Waals surface area contributed by atoms with Crippen LogP contribution in [0.3, 0.4) is 0 Å². The van der Waals surface area contributed by atoms with Crippen molar-refractivity contribution in [3.05, 3.63) is 65.2 Å². The van der Waals surface area contributed by atoms with Gasteiger partial charge in [-0.2, -0.15) is 4.31 Å². The Balaban J connectivity index is 1.76. The fraction of sp³-hybridized carbons (Fsp3) is 0.364. The largest absolute Gasteiger partial charge is 0.352 e. The molecule has 0 unspecified atom stereocenters. The van der Waals surface area contributed by atoms with E-state index in [1.54, 1.807) is 36.4 Å². The predicted octanol–water partition coefficient (Wildman–Crippen LogP) is 2.54. The van der Waals surface area contributed by atoms with E-state index in [-0.39, 0.29) is 22.9 Å². The van der Waals surface area contributed by atoms with Gasteiger partial charge in [0.15, 0.2) is 0 Å². The average Bonchev–Trinajstić information content (AvgIpc) is 2.78. The van der Waals surface area contributed by atoms with Crippen LogP contribution in [-0.2, 0) is 16.6 Å². The van der Waals surface area contributed by atoms with E-state index in [0.29, 0.717) is 25.2 Å². The maximum atomic E-state index is 13.1. The predicted molar refractivity (Wildman–Crippen MR) is 115 cm³/mol. The number of nitrogens with one attached hydrogen (secondary N) is 2. The van der Waals surface area contributed by atoms with Crippen LogP contribution in [0.5, 0.6) is 0 Å². The first-order valence-electron chi connectivity index (χ1n) is 10.2. The van der Waals surface area contributed by atoms with Crippen molar-refractivity contribution in [1.29, 1.82) is 0 Å². The number of carbonyl (C=O) groups is 2. The van der Waals surface area contributed by atoms with E-state index in [2.05, 4.69) is 10.6 Å². The summed E-state index contributed by atoms with van der Waals surface area (Å²) in [4.78, 5) is 24.8. The van der Waals surface area contributed by atoms with Gasteiger partial charge in [-0.05, 0) is 49.6 Å². The van der Waals surface area contributed by atoms with Crippen molar-refractivity contribution in [2.45, 2.75) is 37.6 Å². The molecule has 1 fully saturated rings. The molecular weight excluding hydrogens is 402 g/mol. The molecule has 3 rings (SSSR count). The zero-order valence-corrected chi connectivity index (χ0v) is 17.9. The Morgan fingerprint density at radius 1 is 0.933 bits per heavy atom. The molecule has 160 valence electrons. The minimum atomic E-state index is -3.73. The lowest BCUT2D eigenvalue weighted by molar-refractivity contribution is 0.0944. The van der Waals surface area contributed by atoms with Gasteiger partial charge >= 0.3 is 0 Å². The van der Waals surface area contributed by atoms with Gasteiger partial charge in [-0.3, -0.25) is 9.59 Å². The van der Waals surface area contributed by atoms with Gasteiger partial charge in [0.2, 0.25) is 10.0 Å². The summed E-state index contributed by atoms with van der Waals surface area (Å²) in [6, 6.07) is 13.3. The van der Waals surface area contributed by atoms with Crippen LogP contribution in [0, 0.1) is 0 Å². The number of sulfonamides is 1. The standard InChI is InChI=1S/C22H27N3O4S/c1-2-23-21(26)18-10-8-9-17(15-18)16-24-22(27)19-11-4-5-12-20(19)30(28,29)25-13-6-3-7-14-25/h4-5,8-12,15H,2-3,6-7,13-14,16H2,1H3,(H,23,26)(H,24,27). The molecule has 2 N–H and O–H groups in total. The first-order valence-corrected chi connectivity index (χ1v) is 11.6. The Kier molecular flexibility index (Phi) is 7.23. The van der Waals surface area contributed by atoms with Crippen LogP contribution < -0.4 is 10.6 Å². The molecule has 1 aliphatic rings. The number of rotatable bonds is 7. The number of amides is 2. The summed E-state index contributed by atoms with van der Waals surface area (Å²) in [6.45, 7) is 3.51. The zero-order chi connectivity index (χ0) is 21.6. The Hall–Kier alpha value is -2.71. The van der Waals surface area contributed by atoms with Crippen molar-refractivity contribution in [2.75, 3.05) is 19.6 Å². The van der Waals surface area contributed by atoms with Crippen LogP contribution >= 0.6 is 0 Å². The number of nitrogens with zero attached hydrogens (tertiary/aromatic N) is 1. The lowest BCUT2D eigenvalue weighted by Gasteiger charge is -2.26. The van der Waals surface area contributed by atoms with Gasteiger partial charge in [-0.25, -0.2) is 8.42 Å². The van der Waals surface area contributed by atoms with Gasteiger partial charge in [0.1, 0.15) is 0 Å². The summed E-state index contributed by atoms with van der Waals surface area (Å²) in [6.07, 6.45) is 2.68. The molecule has 0 aliphatic carbocycles. The molecule has 0 aromatic heterocycles. The van der Waals surface area contributed by atoms with Crippen molar-refractivity contribution in [2.24, 2.45) is 0 Å². The second kappa shape index (κ2) is 9.86. The van der Waals surface area contributed by atoms with Gasteiger partial charge in [0.05, 0.1) is 10.5 Å². The fourth-order valence-electron chi connectivity index (χ4n) is 3.49. The number of carbonyl (C=O) groups excluding carboxylic acids is 2. The van der Waals surface area contributed by atoms with E-state index in [1.165, 1.54) is 16.4 Å². The molecule has 0 saturated carbocycles. The Morgan fingerprint density at radius 2 is 1.67 bits per heavy atom. The molecule has 0 spiro atoms. The summed E-state index contributed by atoms with van der Waals surface area (Å²) in [5.74, 6) is -0.641. The molecule has 30 heavy (non-hydrogen) atoms. The molecule has 2 aromatic rings. The zero-order valence-electron chi connectivity index (χ0n) is 17.1. The lowest BCUT2D eigenvalue weighted by atomic mass is 10.1. The topological polar surface area (TPSA) is 95.6 Å². The highest BCUT2D eigenvalue weighted by molar-refractivity contribution is 7.89. The highest BCUT2D eigenvalue weighted by Gasteiger charge is 2.29. The normalized spacial score (nSPS) is 14.8. The molecule has 0 radical (unpaired) electrons. The van der Waals surface area contributed by atoms with Gasteiger partial charge < -0.3 is 10.6 Å². The van der Waals surface area contributed by atoms with Crippen molar-refractivity contribution in [3.63, 3.8) is 0 Å². The first kappa shape index (κ1) is 22.0. The summed E-state index contributed by atoms with van der Waals surface area (Å²) in [5.41, 5.74) is 1.39. The lowest BCUT2D eigenvalue weighted by Crippen LogP contribution is -2.37. The first-order chi connectivity index (χ1) is 14.4. The van der Waals surface area contributed by atoms with E-state index < -0.39 is 15.9 Å². The van der Waals surface area contributed by atoms with Crippen LogP contribution in [0.2, 0.25) is 0 Å². The third-order valence-corrected chi connectivity index (χ3v) is 7.00. The number of hydrogen-bond acceptors (Lipinski definition) is 4. The molecule has 0 bridgehead atoms. The van der Waals surface area contributed by atoms with Gasteiger partial charge in [0.25, 0.3) is 11.8 Å². The third-order valence-electron chi connectivity index (χ3n) is 5.04. The average molecular weight is 430 g/mol. The maximum absolute atomic E-state index is 13.1. The molecule has 1 saturated heterocycles.